The molecule has 90 valence electrons. The monoisotopic (exact) mass is 214 g/mol. The molecule has 0 radical (unpaired) electrons. The highest BCUT2D eigenvalue weighted by atomic mass is 16.5. The quantitative estimate of drug-likeness (QED) is 0.526. The summed E-state index contributed by atoms with van der Waals surface area (Å²) in [5.41, 5.74) is 2.98. The van der Waals surface area contributed by atoms with E-state index in [2.05, 4.69) is 12.3 Å². The van der Waals surface area contributed by atoms with Crippen molar-refractivity contribution in [2.45, 2.75) is 64.0 Å². The molecule has 3 nitrogen and oxygen atoms in total. The average molecular weight is 214 g/mol. The summed E-state index contributed by atoms with van der Waals surface area (Å²) in [5.74, 6) is 6.39. The molecule has 0 amide bonds. The van der Waals surface area contributed by atoms with Crippen molar-refractivity contribution in [3.8, 4) is 0 Å². The highest BCUT2D eigenvalue weighted by molar-refractivity contribution is 4.84. The second-order valence-corrected chi connectivity index (χ2v) is 4.65. The zero-order valence-electron chi connectivity index (χ0n) is 10.2. The van der Waals surface area contributed by atoms with Crippen molar-refractivity contribution in [2.75, 3.05) is 7.11 Å². The van der Waals surface area contributed by atoms with Crippen molar-refractivity contribution in [1.29, 1.82) is 0 Å². The maximum Gasteiger partial charge on any atom is 0.0740 e. The molecule has 0 heterocycles. The van der Waals surface area contributed by atoms with Gasteiger partial charge in [0.05, 0.1) is 12.1 Å². The Bertz CT molecular complexity index is 153. The van der Waals surface area contributed by atoms with Gasteiger partial charge in [-0.25, -0.2) is 0 Å². The third kappa shape index (κ3) is 3.74. The zero-order valence-corrected chi connectivity index (χ0v) is 10.2. The molecule has 15 heavy (non-hydrogen) atoms. The minimum absolute atomic E-state index is 0.281. The fourth-order valence-electron chi connectivity index (χ4n) is 2.77. The van der Waals surface area contributed by atoms with Crippen LogP contribution in [-0.4, -0.2) is 19.3 Å². The summed E-state index contributed by atoms with van der Waals surface area (Å²) in [6, 6.07) is 0.343. The Morgan fingerprint density at radius 1 is 1.33 bits per heavy atom. The fraction of sp³-hybridized carbons (Fsp3) is 1.00. The lowest BCUT2D eigenvalue weighted by Crippen LogP contribution is -2.50. The minimum Gasteiger partial charge on any atom is -0.380 e. The normalized spacial score (nSPS) is 22.6. The second kappa shape index (κ2) is 7.20. The van der Waals surface area contributed by atoms with Gasteiger partial charge in [-0.3, -0.25) is 11.3 Å². The lowest BCUT2D eigenvalue weighted by atomic mass is 9.81. The number of nitrogens with one attached hydrogen (secondary N) is 1. The molecule has 1 rings (SSSR count). The van der Waals surface area contributed by atoms with Gasteiger partial charge in [0.15, 0.2) is 0 Å². The van der Waals surface area contributed by atoms with E-state index in [1.165, 1.54) is 32.1 Å². The van der Waals surface area contributed by atoms with Gasteiger partial charge in [-0.1, -0.05) is 32.6 Å². The van der Waals surface area contributed by atoms with Gasteiger partial charge in [0, 0.05) is 7.11 Å². The van der Waals surface area contributed by atoms with Crippen LogP contribution in [0.15, 0.2) is 0 Å². The number of hydrogen-bond acceptors (Lipinski definition) is 3. The number of hydrogen-bond donors (Lipinski definition) is 2. The minimum atomic E-state index is 0.281. The molecule has 0 aliphatic heterocycles. The van der Waals surface area contributed by atoms with Gasteiger partial charge in [-0.2, -0.15) is 0 Å². The van der Waals surface area contributed by atoms with Gasteiger partial charge in [0.2, 0.25) is 0 Å². The molecule has 0 aromatic rings. The first-order valence-electron chi connectivity index (χ1n) is 6.32. The van der Waals surface area contributed by atoms with Crippen molar-refractivity contribution in [3.05, 3.63) is 0 Å². The molecule has 3 heteroatoms. The molecule has 0 saturated heterocycles. The zero-order chi connectivity index (χ0) is 11.1. The molecule has 3 N–H and O–H groups in total. The van der Waals surface area contributed by atoms with E-state index in [9.17, 15) is 0 Å². The van der Waals surface area contributed by atoms with E-state index in [-0.39, 0.29) is 6.10 Å². The molecule has 0 bridgehead atoms. The Morgan fingerprint density at radius 2 is 2.00 bits per heavy atom. The Labute approximate surface area is 93.7 Å². The van der Waals surface area contributed by atoms with Crippen LogP contribution in [0.5, 0.6) is 0 Å². The van der Waals surface area contributed by atoms with Crippen LogP contribution in [0.4, 0.5) is 0 Å². The van der Waals surface area contributed by atoms with Crippen LogP contribution >= 0.6 is 0 Å². The standard InChI is InChI=1S/C12H26N2O/c1-3-7-11(15-2)12(14-13)10-8-5-4-6-9-10/h10-12,14H,3-9,13H2,1-2H3. The lowest BCUT2D eigenvalue weighted by molar-refractivity contribution is 0.0330. The van der Waals surface area contributed by atoms with Crippen LogP contribution in [0.2, 0.25) is 0 Å². The van der Waals surface area contributed by atoms with Crippen LogP contribution in [0.3, 0.4) is 0 Å². The molecule has 1 aliphatic rings. The Hall–Kier alpha value is -0.120. The van der Waals surface area contributed by atoms with E-state index in [1.807, 2.05) is 0 Å². The molecule has 0 aromatic heterocycles. The summed E-state index contributed by atoms with van der Waals surface area (Å²) in [6.07, 6.45) is 9.24. The second-order valence-electron chi connectivity index (χ2n) is 4.65. The summed E-state index contributed by atoms with van der Waals surface area (Å²) >= 11 is 0. The van der Waals surface area contributed by atoms with Crippen LogP contribution in [-0.2, 0) is 4.74 Å². The number of rotatable bonds is 6. The van der Waals surface area contributed by atoms with Crippen LogP contribution < -0.4 is 11.3 Å². The summed E-state index contributed by atoms with van der Waals surface area (Å²) < 4.78 is 5.55. The maximum absolute atomic E-state index is 5.68. The van der Waals surface area contributed by atoms with Gasteiger partial charge in [-0.05, 0) is 25.2 Å². The predicted molar refractivity (Wildman–Crippen MR) is 63.4 cm³/mol. The van der Waals surface area contributed by atoms with Crippen LogP contribution in [0, 0.1) is 5.92 Å². The summed E-state index contributed by atoms with van der Waals surface area (Å²) in [6.45, 7) is 2.19. The smallest absolute Gasteiger partial charge is 0.0740 e. The van der Waals surface area contributed by atoms with Crippen LogP contribution in [0.1, 0.15) is 51.9 Å². The third-order valence-electron chi connectivity index (χ3n) is 3.63. The SMILES string of the molecule is CCCC(OC)C(NN)C1CCCCC1. The molecule has 2 atom stereocenters. The first-order chi connectivity index (χ1) is 7.33. The third-order valence-corrected chi connectivity index (χ3v) is 3.63. The molecule has 1 fully saturated rings. The van der Waals surface area contributed by atoms with Crippen molar-refractivity contribution in [3.63, 3.8) is 0 Å². The van der Waals surface area contributed by atoms with E-state index in [0.717, 1.165) is 12.8 Å². The number of ether oxygens (including phenoxy) is 1. The van der Waals surface area contributed by atoms with Gasteiger partial charge in [0.1, 0.15) is 0 Å². The number of nitrogens with two attached hydrogens (primary N) is 1. The van der Waals surface area contributed by atoms with E-state index in [1.54, 1.807) is 7.11 Å². The molecule has 0 aromatic carbocycles. The van der Waals surface area contributed by atoms with Gasteiger partial charge in [-0.15, -0.1) is 0 Å². The van der Waals surface area contributed by atoms with Crippen molar-refractivity contribution >= 4 is 0 Å². The predicted octanol–water partition coefficient (Wildman–Crippen LogP) is 2.21. The highest BCUT2D eigenvalue weighted by Gasteiger charge is 2.29. The first-order valence-corrected chi connectivity index (χ1v) is 6.32. The lowest BCUT2D eigenvalue weighted by Gasteiger charge is -2.34. The molecule has 0 spiro atoms. The number of hydrazine groups is 1. The maximum atomic E-state index is 5.68. The van der Waals surface area contributed by atoms with Crippen molar-refractivity contribution in [2.24, 2.45) is 11.8 Å². The Balaban J connectivity index is 2.50. The molecule has 1 aliphatic carbocycles. The molecule has 2 unspecified atom stereocenters. The van der Waals surface area contributed by atoms with Gasteiger partial charge < -0.3 is 4.74 Å². The van der Waals surface area contributed by atoms with Crippen molar-refractivity contribution in [1.82, 2.24) is 5.43 Å². The molecular formula is C12H26N2O. The van der Waals surface area contributed by atoms with E-state index in [4.69, 9.17) is 10.6 Å². The fourth-order valence-corrected chi connectivity index (χ4v) is 2.77. The average Bonchev–Trinajstić information content (AvgIpc) is 2.30. The van der Waals surface area contributed by atoms with Gasteiger partial charge >= 0.3 is 0 Å². The van der Waals surface area contributed by atoms with E-state index < -0.39 is 0 Å². The Morgan fingerprint density at radius 3 is 2.47 bits per heavy atom. The summed E-state index contributed by atoms with van der Waals surface area (Å²) in [7, 11) is 1.80. The Kier molecular flexibility index (Phi) is 6.22. The highest BCUT2D eigenvalue weighted by Crippen LogP contribution is 2.29. The first kappa shape index (κ1) is 12.9. The van der Waals surface area contributed by atoms with Crippen LogP contribution in [0.25, 0.3) is 0 Å². The summed E-state index contributed by atoms with van der Waals surface area (Å²) in [4.78, 5) is 0. The largest absolute Gasteiger partial charge is 0.380 e. The molecular weight excluding hydrogens is 188 g/mol. The van der Waals surface area contributed by atoms with E-state index in [0.29, 0.717) is 12.0 Å². The number of methoxy groups -OCH3 is 1. The van der Waals surface area contributed by atoms with Crippen molar-refractivity contribution < 1.29 is 4.74 Å². The molecule has 1 saturated carbocycles. The summed E-state index contributed by atoms with van der Waals surface area (Å²) in [5, 5.41) is 0. The van der Waals surface area contributed by atoms with E-state index >= 15 is 0 Å². The van der Waals surface area contributed by atoms with Gasteiger partial charge in [0.25, 0.3) is 0 Å². The topological polar surface area (TPSA) is 47.3 Å².